The molecule has 1 rings (SSSR count). The molecule has 160 valence electrons. The van der Waals surface area contributed by atoms with Crippen molar-refractivity contribution in [3.05, 3.63) is 0 Å². The van der Waals surface area contributed by atoms with E-state index < -0.39 is 5.60 Å². The van der Waals surface area contributed by atoms with Gasteiger partial charge in [-0.15, -0.1) is 0 Å². The molecule has 27 heavy (non-hydrogen) atoms. The fourth-order valence-electron chi connectivity index (χ4n) is 3.36. The third-order valence-corrected chi connectivity index (χ3v) is 4.61. The minimum Gasteiger partial charge on any atom is -0.387 e. The second kappa shape index (κ2) is 14.2. The summed E-state index contributed by atoms with van der Waals surface area (Å²) < 4.78 is 5.37. The number of β-amino-alcohol motifs (C(OH)–C–C–N with tert-alkyl or cyclic N) is 1. The first-order valence-electron chi connectivity index (χ1n) is 10.8. The van der Waals surface area contributed by atoms with Gasteiger partial charge in [-0.25, -0.2) is 0 Å². The van der Waals surface area contributed by atoms with Crippen LogP contribution in [0, 0.1) is 0 Å². The molecule has 0 aromatic heterocycles. The van der Waals surface area contributed by atoms with Gasteiger partial charge in [0.25, 0.3) is 0 Å². The Morgan fingerprint density at radius 3 is 2.37 bits per heavy atom. The number of aliphatic imine (C=N–C) groups is 1. The lowest BCUT2D eigenvalue weighted by Gasteiger charge is -2.33. The number of ether oxygens (including phenoxy) is 1. The highest BCUT2D eigenvalue weighted by Gasteiger charge is 2.25. The van der Waals surface area contributed by atoms with E-state index in [1.165, 1.54) is 25.9 Å². The molecule has 1 saturated heterocycles. The van der Waals surface area contributed by atoms with E-state index in [0.29, 0.717) is 13.1 Å². The van der Waals surface area contributed by atoms with Crippen LogP contribution in [0.1, 0.15) is 47.0 Å². The summed E-state index contributed by atoms with van der Waals surface area (Å²) in [5.74, 6) is 0.789. The zero-order chi connectivity index (χ0) is 20.0. The first-order valence-corrected chi connectivity index (χ1v) is 10.8. The lowest BCUT2D eigenvalue weighted by atomic mass is 10.1. The van der Waals surface area contributed by atoms with Crippen LogP contribution in [-0.4, -0.2) is 98.6 Å². The number of aliphatic hydroxyl groups is 1. The maximum Gasteiger partial charge on any atom is 0.191 e. The number of hydrogen-bond acceptors (Lipinski definition) is 5. The van der Waals surface area contributed by atoms with Crippen molar-refractivity contribution in [3.8, 4) is 0 Å². The monoisotopic (exact) mass is 385 g/mol. The van der Waals surface area contributed by atoms with Gasteiger partial charge in [0.05, 0.1) is 25.4 Å². The summed E-state index contributed by atoms with van der Waals surface area (Å²) in [6.07, 6.45) is 3.50. The summed E-state index contributed by atoms with van der Waals surface area (Å²) in [5, 5.41) is 17.4. The van der Waals surface area contributed by atoms with Crippen molar-refractivity contribution in [1.29, 1.82) is 0 Å². The quantitative estimate of drug-likeness (QED) is 0.251. The van der Waals surface area contributed by atoms with Gasteiger partial charge < -0.3 is 25.4 Å². The van der Waals surface area contributed by atoms with Gasteiger partial charge in [-0.1, -0.05) is 13.8 Å². The average Bonchev–Trinajstić information content (AvgIpc) is 2.64. The molecular weight excluding hydrogens is 342 g/mol. The lowest BCUT2D eigenvalue weighted by Crippen LogP contribution is -2.48. The number of guanidine groups is 1. The molecule has 0 aromatic rings. The maximum atomic E-state index is 10.7. The second-order valence-electron chi connectivity index (χ2n) is 7.70. The molecule has 7 nitrogen and oxygen atoms in total. The first-order chi connectivity index (χ1) is 13.0. The van der Waals surface area contributed by atoms with E-state index >= 15 is 0 Å². The highest BCUT2D eigenvalue weighted by Crippen LogP contribution is 2.09. The molecule has 0 aliphatic carbocycles. The van der Waals surface area contributed by atoms with E-state index in [1.54, 1.807) is 0 Å². The minimum absolute atomic E-state index is 0.386. The molecule has 3 N–H and O–H groups in total. The number of nitrogens with zero attached hydrogens (tertiary/aromatic N) is 3. The van der Waals surface area contributed by atoms with Crippen molar-refractivity contribution in [2.45, 2.75) is 52.6 Å². The maximum absolute atomic E-state index is 10.7. The van der Waals surface area contributed by atoms with Crippen LogP contribution < -0.4 is 10.6 Å². The van der Waals surface area contributed by atoms with Gasteiger partial charge in [0.15, 0.2) is 5.96 Å². The van der Waals surface area contributed by atoms with E-state index in [-0.39, 0.29) is 0 Å². The molecule has 0 aromatic carbocycles. The van der Waals surface area contributed by atoms with Crippen molar-refractivity contribution < 1.29 is 9.84 Å². The van der Waals surface area contributed by atoms with Crippen molar-refractivity contribution >= 4 is 5.96 Å². The Hall–Kier alpha value is -0.890. The normalized spacial score (nSPS) is 18.5. The summed E-state index contributed by atoms with van der Waals surface area (Å²) in [4.78, 5) is 9.38. The molecule has 1 unspecified atom stereocenters. The van der Waals surface area contributed by atoms with Gasteiger partial charge >= 0.3 is 0 Å². The van der Waals surface area contributed by atoms with Crippen LogP contribution >= 0.6 is 0 Å². The molecule has 0 spiro atoms. The van der Waals surface area contributed by atoms with Gasteiger partial charge in [0, 0.05) is 32.7 Å². The summed E-state index contributed by atoms with van der Waals surface area (Å²) in [6, 6.07) is 0. The summed E-state index contributed by atoms with van der Waals surface area (Å²) in [6.45, 7) is 17.8. The zero-order valence-electron chi connectivity index (χ0n) is 18.1. The van der Waals surface area contributed by atoms with Crippen LogP contribution in [0.5, 0.6) is 0 Å². The third-order valence-electron chi connectivity index (χ3n) is 4.61. The second-order valence-corrected chi connectivity index (χ2v) is 7.70. The third kappa shape index (κ3) is 11.5. The first kappa shape index (κ1) is 24.1. The molecule has 0 radical (unpaired) electrons. The topological polar surface area (TPSA) is 72.4 Å². The molecule has 7 heteroatoms. The molecule has 1 fully saturated rings. The van der Waals surface area contributed by atoms with Gasteiger partial charge in [-0.3, -0.25) is 9.89 Å². The van der Waals surface area contributed by atoms with E-state index in [0.717, 1.165) is 58.3 Å². The fourth-order valence-corrected chi connectivity index (χ4v) is 3.36. The summed E-state index contributed by atoms with van der Waals surface area (Å²) in [7, 11) is 0. The Balaban J connectivity index is 2.39. The van der Waals surface area contributed by atoms with E-state index in [9.17, 15) is 5.11 Å². The standard InChI is InChI=1S/C20H43N5O2/c1-5-10-24(11-6-2)12-8-9-22-19(21-7-3)23-17-20(4,26)18-25-13-15-27-16-14-25/h26H,5-18H2,1-4H3,(H2,21,22,23). The molecule has 0 bridgehead atoms. The summed E-state index contributed by atoms with van der Waals surface area (Å²) in [5.41, 5.74) is -0.835. The summed E-state index contributed by atoms with van der Waals surface area (Å²) >= 11 is 0. The molecular formula is C20H43N5O2. The number of hydrogen-bond donors (Lipinski definition) is 3. The zero-order valence-corrected chi connectivity index (χ0v) is 18.1. The largest absolute Gasteiger partial charge is 0.387 e. The Morgan fingerprint density at radius 1 is 1.11 bits per heavy atom. The average molecular weight is 386 g/mol. The van der Waals surface area contributed by atoms with Crippen LogP contribution in [0.3, 0.4) is 0 Å². The van der Waals surface area contributed by atoms with E-state index in [1.807, 2.05) is 6.92 Å². The molecule has 1 aliphatic heterocycles. The molecule has 1 atom stereocenters. The van der Waals surface area contributed by atoms with Crippen molar-refractivity contribution in [1.82, 2.24) is 20.4 Å². The highest BCUT2D eigenvalue weighted by molar-refractivity contribution is 5.79. The number of morpholine rings is 1. The Labute approximate surface area is 166 Å². The number of rotatable bonds is 13. The van der Waals surface area contributed by atoms with Crippen LogP contribution in [0.15, 0.2) is 4.99 Å². The van der Waals surface area contributed by atoms with E-state index in [4.69, 9.17) is 4.74 Å². The van der Waals surface area contributed by atoms with Gasteiger partial charge in [-0.2, -0.15) is 0 Å². The van der Waals surface area contributed by atoms with Crippen LogP contribution in [0.4, 0.5) is 0 Å². The molecule has 1 aliphatic rings. The predicted octanol–water partition coefficient (Wildman–Crippen LogP) is 1.14. The van der Waals surface area contributed by atoms with Crippen LogP contribution in [0.2, 0.25) is 0 Å². The fraction of sp³-hybridized carbons (Fsp3) is 0.950. The highest BCUT2D eigenvalue weighted by atomic mass is 16.5. The van der Waals surface area contributed by atoms with Crippen molar-refractivity contribution in [3.63, 3.8) is 0 Å². The van der Waals surface area contributed by atoms with Crippen molar-refractivity contribution in [2.24, 2.45) is 4.99 Å². The molecule has 0 amide bonds. The van der Waals surface area contributed by atoms with Crippen molar-refractivity contribution in [2.75, 3.05) is 72.1 Å². The molecule has 0 saturated carbocycles. The SMILES string of the molecule is CCCN(CCC)CCCNC(=NCC(C)(O)CN1CCOCC1)NCC. The Kier molecular flexibility index (Phi) is 12.7. The van der Waals surface area contributed by atoms with Gasteiger partial charge in [0.1, 0.15) is 0 Å². The lowest BCUT2D eigenvalue weighted by molar-refractivity contribution is -0.0179. The smallest absolute Gasteiger partial charge is 0.191 e. The Bertz CT molecular complexity index is 392. The van der Waals surface area contributed by atoms with Crippen LogP contribution in [-0.2, 0) is 4.74 Å². The van der Waals surface area contributed by atoms with Gasteiger partial charge in [0.2, 0.25) is 0 Å². The Morgan fingerprint density at radius 2 is 1.78 bits per heavy atom. The van der Waals surface area contributed by atoms with Crippen LogP contribution in [0.25, 0.3) is 0 Å². The number of nitrogens with one attached hydrogen (secondary N) is 2. The van der Waals surface area contributed by atoms with Gasteiger partial charge in [-0.05, 0) is 52.7 Å². The minimum atomic E-state index is -0.835. The predicted molar refractivity (Wildman–Crippen MR) is 114 cm³/mol. The van der Waals surface area contributed by atoms with E-state index in [2.05, 4.69) is 46.2 Å². The molecule has 1 heterocycles.